The zero-order chi connectivity index (χ0) is 12.8. The second-order valence-electron chi connectivity index (χ2n) is 3.85. The molecule has 0 aliphatic heterocycles. The van der Waals surface area contributed by atoms with E-state index < -0.39 is 0 Å². The van der Waals surface area contributed by atoms with E-state index in [2.05, 4.69) is 10.3 Å². The first-order valence-corrected chi connectivity index (χ1v) is 6.94. The Morgan fingerprint density at radius 1 is 1.33 bits per heavy atom. The Bertz CT molecular complexity index is 501. The van der Waals surface area contributed by atoms with Gasteiger partial charge in [-0.25, -0.2) is 4.98 Å². The van der Waals surface area contributed by atoms with Crippen LogP contribution in [0.4, 0.5) is 0 Å². The summed E-state index contributed by atoms with van der Waals surface area (Å²) in [6.07, 6.45) is 0. The predicted molar refractivity (Wildman–Crippen MR) is 74.8 cm³/mol. The summed E-state index contributed by atoms with van der Waals surface area (Å²) in [7, 11) is 1.91. The lowest BCUT2D eigenvalue weighted by Gasteiger charge is -2.04. The zero-order valence-electron chi connectivity index (χ0n) is 10.1. The largest absolute Gasteiger partial charge is 0.370 e. The van der Waals surface area contributed by atoms with Crippen LogP contribution in [0.15, 0.2) is 29.6 Å². The Balaban J connectivity index is 1.83. The van der Waals surface area contributed by atoms with E-state index in [0.717, 1.165) is 27.8 Å². The number of rotatable bonds is 6. The molecule has 1 aromatic heterocycles. The van der Waals surface area contributed by atoms with Crippen molar-refractivity contribution in [3.63, 3.8) is 0 Å². The average Bonchev–Trinajstić information content (AvgIpc) is 2.80. The lowest BCUT2D eigenvalue weighted by Crippen LogP contribution is -2.04. The molecule has 0 aliphatic carbocycles. The minimum Gasteiger partial charge on any atom is -0.370 e. The van der Waals surface area contributed by atoms with Crippen molar-refractivity contribution in [3.05, 3.63) is 50.9 Å². The summed E-state index contributed by atoms with van der Waals surface area (Å²) in [5.74, 6) is 0. The van der Waals surface area contributed by atoms with E-state index in [4.69, 9.17) is 16.3 Å². The summed E-state index contributed by atoms with van der Waals surface area (Å²) in [5.41, 5.74) is 1.97. The molecule has 2 rings (SSSR count). The third-order valence-electron chi connectivity index (χ3n) is 2.39. The van der Waals surface area contributed by atoms with E-state index in [9.17, 15) is 0 Å². The van der Waals surface area contributed by atoms with Crippen LogP contribution in [0.25, 0.3) is 0 Å². The quantitative estimate of drug-likeness (QED) is 0.883. The SMILES string of the molecule is CNCc1nc(COCc2ccccc2Cl)cs1. The molecule has 0 saturated heterocycles. The molecule has 0 fully saturated rings. The van der Waals surface area contributed by atoms with Gasteiger partial charge in [-0.1, -0.05) is 29.8 Å². The van der Waals surface area contributed by atoms with Gasteiger partial charge in [0.15, 0.2) is 0 Å². The molecule has 3 nitrogen and oxygen atoms in total. The van der Waals surface area contributed by atoms with Gasteiger partial charge in [0, 0.05) is 16.9 Å². The molecule has 0 bridgehead atoms. The monoisotopic (exact) mass is 282 g/mol. The maximum atomic E-state index is 6.05. The van der Waals surface area contributed by atoms with Gasteiger partial charge in [-0.05, 0) is 18.7 Å². The maximum Gasteiger partial charge on any atom is 0.107 e. The molecule has 0 unspecified atom stereocenters. The molecule has 5 heteroatoms. The summed E-state index contributed by atoms with van der Waals surface area (Å²) in [5, 5.41) is 6.92. The Hall–Kier alpha value is -0.940. The van der Waals surface area contributed by atoms with Crippen molar-refractivity contribution in [1.29, 1.82) is 0 Å². The van der Waals surface area contributed by atoms with Crippen molar-refractivity contribution in [3.8, 4) is 0 Å². The standard InChI is InChI=1S/C13H15ClN2OS/c1-15-6-13-16-11(9-18-13)8-17-7-10-4-2-3-5-12(10)14/h2-5,9,15H,6-8H2,1H3. The smallest absolute Gasteiger partial charge is 0.107 e. The summed E-state index contributed by atoms with van der Waals surface area (Å²) in [6, 6.07) is 7.71. The molecular weight excluding hydrogens is 268 g/mol. The van der Waals surface area contributed by atoms with Crippen molar-refractivity contribution in [2.75, 3.05) is 7.05 Å². The normalized spacial score (nSPS) is 10.8. The third kappa shape index (κ3) is 3.78. The topological polar surface area (TPSA) is 34.2 Å². The molecule has 0 radical (unpaired) electrons. The van der Waals surface area contributed by atoms with Gasteiger partial charge in [-0.2, -0.15) is 0 Å². The van der Waals surface area contributed by atoms with Crippen LogP contribution in [0, 0.1) is 0 Å². The molecule has 2 aromatic rings. The summed E-state index contributed by atoms with van der Waals surface area (Å²) in [4.78, 5) is 4.45. The fourth-order valence-electron chi connectivity index (χ4n) is 1.53. The Morgan fingerprint density at radius 2 is 2.17 bits per heavy atom. The lowest BCUT2D eigenvalue weighted by molar-refractivity contribution is 0.105. The van der Waals surface area contributed by atoms with Gasteiger partial charge >= 0.3 is 0 Å². The van der Waals surface area contributed by atoms with Crippen LogP contribution in [-0.2, 0) is 24.5 Å². The van der Waals surface area contributed by atoms with Crippen LogP contribution in [-0.4, -0.2) is 12.0 Å². The van der Waals surface area contributed by atoms with E-state index in [0.29, 0.717) is 13.2 Å². The van der Waals surface area contributed by atoms with E-state index in [1.807, 2.05) is 36.7 Å². The van der Waals surface area contributed by atoms with Crippen LogP contribution in [0.2, 0.25) is 5.02 Å². The van der Waals surface area contributed by atoms with E-state index >= 15 is 0 Å². The Labute approximate surface area is 116 Å². The van der Waals surface area contributed by atoms with Gasteiger partial charge in [0.05, 0.1) is 18.9 Å². The number of nitrogens with zero attached hydrogens (tertiary/aromatic N) is 1. The highest BCUT2D eigenvalue weighted by molar-refractivity contribution is 7.09. The molecule has 0 saturated carbocycles. The Morgan fingerprint density at radius 3 is 2.94 bits per heavy atom. The number of halogens is 1. The van der Waals surface area contributed by atoms with Crippen LogP contribution in [0.5, 0.6) is 0 Å². The second-order valence-corrected chi connectivity index (χ2v) is 5.20. The molecule has 0 spiro atoms. The van der Waals surface area contributed by atoms with Crippen LogP contribution in [0.1, 0.15) is 16.3 Å². The molecule has 0 atom stereocenters. The minimum atomic E-state index is 0.512. The van der Waals surface area contributed by atoms with Gasteiger partial charge in [0.25, 0.3) is 0 Å². The highest BCUT2D eigenvalue weighted by atomic mass is 35.5. The molecule has 1 aromatic carbocycles. The van der Waals surface area contributed by atoms with Crippen LogP contribution >= 0.6 is 22.9 Å². The van der Waals surface area contributed by atoms with Crippen molar-refractivity contribution in [2.24, 2.45) is 0 Å². The highest BCUT2D eigenvalue weighted by Gasteiger charge is 2.03. The fourth-order valence-corrected chi connectivity index (χ4v) is 2.51. The van der Waals surface area contributed by atoms with Crippen LogP contribution < -0.4 is 5.32 Å². The number of hydrogen-bond acceptors (Lipinski definition) is 4. The third-order valence-corrected chi connectivity index (χ3v) is 3.66. The van der Waals surface area contributed by atoms with Gasteiger partial charge in [0.1, 0.15) is 5.01 Å². The fraction of sp³-hybridized carbons (Fsp3) is 0.308. The molecule has 0 aliphatic rings. The van der Waals surface area contributed by atoms with E-state index in [-0.39, 0.29) is 0 Å². The highest BCUT2D eigenvalue weighted by Crippen LogP contribution is 2.17. The van der Waals surface area contributed by atoms with Gasteiger partial charge in [0.2, 0.25) is 0 Å². The molecule has 1 N–H and O–H groups in total. The first-order valence-electron chi connectivity index (χ1n) is 5.68. The van der Waals surface area contributed by atoms with Gasteiger partial charge in [-0.15, -0.1) is 11.3 Å². The van der Waals surface area contributed by atoms with E-state index in [1.165, 1.54) is 0 Å². The number of ether oxygens (including phenoxy) is 1. The molecule has 18 heavy (non-hydrogen) atoms. The summed E-state index contributed by atoms with van der Waals surface area (Å²) >= 11 is 7.69. The van der Waals surface area contributed by atoms with Crippen LogP contribution in [0.3, 0.4) is 0 Å². The van der Waals surface area contributed by atoms with Crippen molar-refractivity contribution in [1.82, 2.24) is 10.3 Å². The molecule has 1 heterocycles. The number of aromatic nitrogens is 1. The van der Waals surface area contributed by atoms with E-state index in [1.54, 1.807) is 11.3 Å². The number of benzene rings is 1. The minimum absolute atomic E-state index is 0.512. The number of nitrogens with one attached hydrogen (secondary N) is 1. The molecular formula is C13H15ClN2OS. The van der Waals surface area contributed by atoms with Gasteiger partial charge < -0.3 is 10.1 Å². The zero-order valence-corrected chi connectivity index (χ0v) is 11.7. The van der Waals surface area contributed by atoms with Gasteiger partial charge in [-0.3, -0.25) is 0 Å². The van der Waals surface area contributed by atoms with Crippen molar-refractivity contribution in [2.45, 2.75) is 19.8 Å². The van der Waals surface area contributed by atoms with Crippen molar-refractivity contribution >= 4 is 22.9 Å². The number of hydrogen-bond donors (Lipinski definition) is 1. The van der Waals surface area contributed by atoms with Crippen molar-refractivity contribution < 1.29 is 4.74 Å². The number of thiazole rings is 1. The molecule has 0 amide bonds. The Kier molecular flexibility index (Phi) is 5.13. The average molecular weight is 283 g/mol. The first kappa shape index (κ1) is 13.5. The first-order chi connectivity index (χ1) is 8.79. The lowest BCUT2D eigenvalue weighted by atomic mass is 10.2. The summed E-state index contributed by atoms with van der Waals surface area (Å²) < 4.78 is 5.62. The summed E-state index contributed by atoms with van der Waals surface area (Å²) in [6.45, 7) is 1.83. The predicted octanol–water partition coefficient (Wildman–Crippen LogP) is 3.23. The molecule has 96 valence electrons. The maximum absolute atomic E-state index is 6.05. The second kappa shape index (κ2) is 6.85.